The highest BCUT2D eigenvalue weighted by Gasteiger charge is 2.12. The first-order valence-corrected chi connectivity index (χ1v) is 6.63. The molecule has 1 atom stereocenters. The van der Waals surface area contributed by atoms with Crippen molar-refractivity contribution in [1.82, 2.24) is 5.32 Å². The molecule has 0 aliphatic carbocycles. The second-order valence-corrected chi connectivity index (χ2v) is 4.82. The van der Waals surface area contributed by atoms with Gasteiger partial charge >= 0.3 is 5.97 Å². The van der Waals surface area contributed by atoms with E-state index in [1.807, 2.05) is 31.2 Å². The largest absolute Gasteiger partial charge is 0.467 e. The van der Waals surface area contributed by atoms with Crippen molar-refractivity contribution in [2.24, 2.45) is 0 Å². The first kappa shape index (κ1) is 14.6. The van der Waals surface area contributed by atoms with Crippen LogP contribution in [-0.2, 0) is 11.3 Å². The van der Waals surface area contributed by atoms with Crippen molar-refractivity contribution in [3.05, 3.63) is 58.5 Å². The molecule has 0 fully saturated rings. The monoisotopic (exact) mass is 293 g/mol. The highest BCUT2D eigenvalue weighted by atomic mass is 35.5. The molecule has 1 aromatic carbocycles. The Bertz CT molecular complexity index is 594. The second-order valence-electron chi connectivity index (χ2n) is 4.42. The van der Waals surface area contributed by atoms with E-state index in [9.17, 15) is 4.79 Å². The third-order valence-corrected chi connectivity index (χ3v) is 3.37. The van der Waals surface area contributed by atoms with E-state index in [0.717, 1.165) is 10.6 Å². The summed E-state index contributed by atoms with van der Waals surface area (Å²) in [6.07, 6.45) is 1.39. The Balaban J connectivity index is 1.97. The minimum Gasteiger partial charge on any atom is -0.467 e. The van der Waals surface area contributed by atoms with E-state index in [4.69, 9.17) is 16.0 Å². The third-order valence-electron chi connectivity index (χ3n) is 3.03. The summed E-state index contributed by atoms with van der Waals surface area (Å²) in [7, 11) is 1.34. The molecule has 0 radical (unpaired) electrons. The third kappa shape index (κ3) is 3.40. The molecule has 4 nitrogen and oxygen atoms in total. The summed E-state index contributed by atoms with van der Waals surface area (Å²) in [5.41, 5.74) is 1.43. The Labute approximate surface area is 122 Å². The molecule has 0 saturated carbocycles. The molecule has 0 amide bonds. The molecule has 5 heteroatoms. The van der Waals surface area contributed by atoms with Crippen LogP contribution >= 0.6 is 11.6 Å². The van der Waals surface area contributed by atoms with Crippen LogP contribution in [0, 0.1) is 0 Å². The Kier molecular flexibility index (Phi) is 4.82. The summed E-state index contributed by atoms with van der Waals surface area (Å²) in [6, 6.07) is 9.42. The molecular weight excluding hydrogens is 278 g/mol. The number of nitrogens with one attached hydrogen (secondary N) is 1. The molecule has 0 unspecified atom stereocenters. The van der Waals surface area contributed by atoms with Gasteiger partial charge in [0, 0.05) is 11.1 Å². The van der Waals surface area contributed by atoms with Crippen LogP contribution in [-0.4, -0.2) is 13.1 Å². The van der Waals surface area contributed by atoms with Crippen molar-refractivity contribution in [1.29, 1.82) is 0 Å². The number of esters is 1. The molecule has 0 aliphatic heterocycles. The number of benzene rings is 1. The maximum atomic E-state index is 11.3. The lowest BCUT2D eigenvalue weighted by Gasteiger charge is -2.14. The number of carbonyl (C=O) groups is 1. The predicted molar refractivity (Wildman–Crippen MR) is 76.8 cm³/mol. The summed E-state index contributed by atoms with van der Waals surface area (Å²) >= 11 is 6.14. The Morgan fingerprint density at radius 1 is 1.45 bits per heavy atom. The van der Waals surface area contributed by atoms with Crippen molar-refractivity contribution in [2.75, 3.05) is 7.11 Å². The molecule has 2 rings (SSSR count). The van der Waals surface area contributed by atoms with Gasteiger partial charge in [0.15, 0.2) is 0 Å². The maximum absolute atomic E-state index is 11.3. The molecule has 0 saturated heterocycles. The maximum Gasteiger partial charge on any atom is 0.341 e. The molecule has 106 valence electrons. The zero-order valence-electron chi connectivity index (χ0n) is 11.4. The van der Waals surface area contributed by atoms with Crippen molar-refractivity contribution < 1.29 is 13.9 Å². The number of hydrogen-bond acceptors (Lipinski definition) is 4. The molecule has 0 aliphatic rings. The van der Waals surface area contributed by atoms with Gasteiger partial charge in [-0.25, -0.2) is 4.79 Å². The van der Waals surface area contributed by atoms with Gasteiger partial charge < -0.3 is 14.5 Å². The van der Waals surface area contributed by atoms with E-state index in [-0.39, 0.29) is 6.04 Å². The van der Waals surface area contributed by atoms with Gasteiger partial charge in [0.05, 0.1) is 19.2 Å². The van der Waals surface area contributed by atoms with Crippen LogP contribution < -0.4 is 5.32 Å². The van der Waals surface area contributed by atoms with Gasteiger partial charge in [-0.2, -0.15) is 0 Å². The van der Waals surface area contributed by atoms with Gasteiger partial charge in [0.2, 0.25) is 0 Å². The first-order valence-electron chi connectivity index (χ1n) is 6.25. The van der Waals surface area contributed by atoms with E-state index in [0.29, 0.717) is 17.9 Å². The zero-order valence-corrected chi connectivity index (χ0v) is 12.1. The smallest absolute Gasteiger partial charge is 0.341 e. The quantitative estimate of drug-likeness (QED) is 0.856. The van der Waals surface area contributed by atoms with Crippen LogP contribution in [0.5, 0.6) is 0 Å². The molecular formula is C15H16ClNO3. The number of methoxy groups -OCH3 is 1. The van der Waals surface area contributed by atoms with Gasteiger partial charge in [-0.15, -0.1) is 0 Å². The van der Waals surface area contributed by atoms with Crippen molar-refractivity contribution in [3.8, 4) is 0 Å². The Hall–Kier alpha value is -1.78. The zero-order chi connectivity index (χ0) is 14.5. The van der Waals surface area contributed by atoms with E-state index in [1.165, 1.54) is 13.4 Å². The average molecular weight is 294 g/mol. The molecule has 0 bridgehead atoms. The van der Waals surface area contributed by atoms with Crippen LogP contribution in [0.1, 0.15) is 34.6 Å². The highest BCUT2D eigenvalue weighted by molar-refractivity contribution is 6.31. The summed E-state index contributed by atoms with van der Waals surface area (Å²) in [5, 5.41) is 4.02. The van der Waals surface area contributed by atoms with Crippen molar-refractivity contribution in [2.45, 2.75) is 19.5 Å². The second kappa shape index (κ2) is 6.59. The van der Waals surface area contributed by atoms with Crippen molar-refractivity contribution >= 4 is 17.6 Å². The fourth-order valence-corrected chi connectivity index (χ4v) is 2.19. The lowest BCUT2D eigenvalue weighted by molar-refractivity contribution is 0.0600. The fraction of sp³-hybridized carbons (Fsp3) is 0.267. The van der Waals surface area contributed by atoms with Gasteiger partial charge in [0.1, 0.15) is 12.0 Å². The number of ether oxygens (including phenoxy) is 1. The summed E-state index contributed by atoms with van der Waals surface area (Å²) in [5.74, 6) is 0.267. The molecule has 1 N–H and O–H groups in total. The lowest BCUT2D eigenvalue weighted by atomic mass is 10.1. The molecule has 1 heterocycles. The number of hydrogen-bond donors (Lipinski definition) is 1. The van der Waals surface area contributed by atoms with E-state index in [1.54, 1.807) is 6.07 Å². The number of halogens is 1. The van der Waals surface area contributed by atoms with Crippen LogP contribution in [0.2, 0.25) is 5.02 Å². The number of carbonyl (C=O) groups excluding carboxylic acids is 1. The summed E-state index contributed by atoms with van der Waals surface area (Å²) in [6.45, 7) is 2.52. The lowest BCUT2D eigenvalue weighted by Crippen LogP contribution is -2.18. The molecule has 20 heavy (non-hydrogen) atoms. The Morgan fingerprint density at radius 3 is 2.90 bits per heavy atom. The van der Waals surface area contributed by atoms with Gasteiger partial charge in [-0.3, -0.25) is 0 Å². The van der Waals surface area contributed by atoms with Crippen LogP contribution in [0.3, 0.4) is 0 Å². The number of furan rings is 1. The van der Waals surface area contributed by atoms with Gasteiger partial charge in [0.25, 0.3) is 0 Å². The standard InChI is InChI=1S/C15H16ClNO3/c1-10(13-5-3-4-6-14(13)16)17-8-12-7-11(9-20-12)15(18)19-2/h3-7,9-10,17H,8H2,1-2H3/t10-/m0/s1. The summed E-state index contributed by atoms with van der Waals surface area (Å²) in [4.78, 5) is 11.3. The van der Waals surface area contributed by atoms with E-state index < -0.39 is 5.97 Å². The fourth-order valence-electron chi connectivity index (χ4n) is 1.89. The molecule has 0 spiro atoms. The topological polar surface area (TPSA) is 51.5 Å². The normalized spacial score (nSPS) is 12.2. The summed E-state index contributed by atoms with van der Waals surface area (Å²) < 4.78 is 9.93. The SMILES string of the molecule is COC(=O)c1coc(CN[C@@H](C)c2ccccc2Cl)c1. The van der Waals surface area contributed by atoms with Gasteiger partial charge in [-0.1, -0.05) is 29.8 Å². The molecule has 2 aromatic rings. The Morgan fingerprint density at radius 2 is 2.20 bits per heavy atom. The minimum absolute atomic E-state index is 0.0791. The average Bonchev–Trinajstić information content (AvgIpc) is 2.93. The van der Waals surface area contributed by atoms with E-state index in [2.05, 4.69) is 10.1 Å². The van der Waals surface area contributed by atoms with Gasteiger partial charge in [-0.05, 0) is 24.6 Å². The van der Waals surface area contributed by atoms with E-state index >= 15 is 0 Å². The molecule has 1 aromatic heterocycles. The van der Waals surface area contributed by atoms with Crippen molar-refractivity contribution in [3.63, 3.8) is 0 Å². The minimum atomic E-state index is -0.404. The predicted octanol–water partition coefficient (Wildman–Crippen LogP) is 3.57. The highest BCUT2D eigenvalue weighted by Crippen LogP contribution is 2.22. The number of rotatable bonds is 5. The van der Waals surface area contributed by atoms with Crippen LogP contribution in [0.25, 0.3) is 0 Å². The van der Waals surface area contributed by atoms with Crippen LogP contribution in [0.15, 0.2) is 41.0 Å². The first-order chi connectivity index (χ1) is 9.61. The van der Waals surface area contributed by atoms with Crippen LogP contribution in [0.4, 0.5) is 0 Å².